The molecule has 0 atom stereocenters. The van der Waals surface area contributed by atoms with E-state index < -0.39 is 0 Å². The van der Waals surface area contributed by atoms with Crippen LogP contribution in [-0.2, 0) is 4.79 Å². The van der Waals surface area contributed by atoms with Gasteiger partial charge in [-0.05, 0) is 74.7 Å². The smallest absolute Gasteiger partial charge is 0.182 e. The molecule has 0 aliphatic heterocycles. The predicted octanol–water partition coefficient (Wildman–Crippen LogP) is 5.93. The molecule has 0 amide bonds. The van der Waals surface area contributed by atoms with E-state index in [0.29, 0.717) is 11.5 Å². The average Bonchev–Trinajstić information content (AvgIpc) is 2.71. The molecule has 5 nitrogen and oxygen atoms in total. The van der Waals surface area contributed by atoms with Crippen molar-refractivity contribution in [3.8, 4) is 17.2 Å². The van der Waals surface area contributed by atoms with Crippen molar-refractivity contribution in [1.82, 2.24) is 0 Å². The van der Waals surface area contributed by atoms with Gasteiger partial charge in [0.2, 0.25) is 0 Å². The van der Waals surface area contributed by atoms with Gasteiger partial charge >= 0.3 is 0 Å². The summed E-state index contributed by atoms with van der Waals surface area (Å²) in [4.78, 5) is 12.2. The minimum atomic E-state index is -0.347. The molecule has 2 aromatic carbocycles. The lowest BCUT2D eigenvalue weighted by atomic mass is 10.1. The summed E-state index contributed by atoms with van der Waals surface area (Å²) >= 11 is 0. The first kappa shape index (κ1) is 23.8. The summed E-state index contributed by atoms with van der Waals surface area (Å²) in [6, 6.07) is 11.1. The number of aryl methyl sites for hydroxylation is 1. The van der Waals surface area contributed by atoms with Crippen LogP contribution in [0, 0.1) is 6.92 Å². The molecule has 2 rings (SSSR count). The van der Waals surface area contributed by atoms with E-state index in [1.165, 1.54) is 12.2 Å². The Morgan fingerprint density at radius 3 is 2.06 bits per heavy atom. The number of carbonyl (C=O) groups excluding carboxylic acids is 1. The van der Waals surface area contributed by atoms with Crippen LogP contribution in [0.1, 0.15) is 37.5 Å². The van der Waals surface area contributed by atoms with E-state index in [4.69, 9.17) is 14.2 Å². The summed E-state index contributed by atoms with van der Waals surface area (Å²) in [5.74, 6) is 1.51. The van der Waals surface area contributed by atoms with E-state index in [2.05, 4.69) is 0 Å². The van der Waals surface area contributed by atoms with Gasteiger partial charge in [0, 0.05) is 6.08 Å². The number of hydrogen-bond donors (Lipinski definition) is 1. The average molecular weight is 423 g/mol. The fraction of sp³-hybridized carbons (Fsp3) is 0.269. The first-order chi connectivity index (χ1) is 14.6. The van der Waals surface area contributed by atoms with Gasteiger partial charge in [-0.3, -0.25) is 4.79 Å². The third-order valence-electron chi connectivity index (χ3n) is 4.21. The Morgan fingerprint density at radius 2 is 1.45 bits per heavy atom. The van der Waals surface area contributed by atoms with Crippen molar-refractivity contribution >= 4 is 17.9 Å². The number of aliphatic hydroxyl groups excluding tert-OH is 1. The summed E-state index contributed by atoms with van der Waals surface area (Å²) in [6.07, 6.45) is 7.38. The Labute approximate surface area is 184 Å². The Kier molecular flexibility index (Phi) is 8.08. The molecule has 0 heterocycles. The fourth-order valence-electron chi connectivity index (χ4n) is 2.74. The summed E-state index contributed by atoms with van der Waals surface area (Å²) < 4.78 is 16.5. The van der Waals surface area contributed by atoms with Crippen molar-refractivity contribution in [2.75, 3.05) is 14.2 Å². The fourth-order valence-corrected chi connectivity index (χ4v) is 2.74. The van der Waals surface area contributed by atoms with Gasteiger partial charge in [-0.1, -0.05) is 30.4 Å². The minimum Gasteiger partial charge on any atom is -0.508 e. The number of ether oxygens (including phenoxy) is 3. The maximum absolute atomic E-state index is 12.2. The number of ketones is 1. The van der Waals surface area contributed by atoms with Crippen molar-refractivity contribution in [2.45, 2.75) is 33.3 Å². The maximum Gasteiger partial charge on any atom is 0.182 e. The lowest BCUT2D eigenvalue weighted by Crippen LogP contribution is -2.23. The Morgan fingerprint density at radius 1 is 0.871 bits per heavy atom. The van der Waals surface area contributed by atoms with Crippen molar-refractivity contribution in [2.24, 2.45) is 0 Å². The summed E-state index contributed by atoms with van der Waals surface area (Å²) in [5.41, 5.74) is 2.31. The minimum absolute atomic E-state index is 0.138. The first-order valence-corrected chi connectivity index (χ1v) is 9.94. The lowest BCUT2D eigenvalue weighted by molar-refractivity contribution is -0.110. The second kappa shape index (κ2) is 10.5. The van der Waals surface area contributed by atoms with Crippen LogP contribution in [0.2, 0.25) is 0 Å². The molecule has 1 N–H and O–H groups in total. The zero-order valence-corrected chi connectivity index (χ0v) is 18.9. The van der Waals surface area contributed by atoms with Crippen molar-refractivity contribution < 1.29 is 24.1 Å². The van der Waals surface area contributed by atoms with Crippen molar-refractivity contribution in [3.63, 3.8) is 0 Å². The van der Waals surface area contributed by atoms with Gasteiger partial charge in [0.25, 0.3) is 0 Å². The Bertz CT molecular complexity index is 1010. The highest BCUT2D eigenvalue weighted by Gasteiger charge is 2.15. The zero-order chi connectivity index (χ0) is 23.0. The van der Waals surface area contributed by atoms with Crippen LogP contribution < -0.4 is 14.2 Å². The normalized spacial score (nSPS) is 12.4. The summed E-state index contributed by atoms with van der Waals surface area (Å²) in [6.45, 7) is 7.83. The molecule has 0 spiro atoms. The van der Waals surface area contributed by atoms with Crippen LogP contribution >= 0.6 is 0 Å². The Hall–Kier alpha value is -3.47. The maximum atomic E-state index is 12.2. The van der Waals surface area contributed by atoms with Crippen LogP contribution in [0.25, 0.3) is 12.2 Å². The van der Waals surface area contributed by atoms with Crippen LogP contribution in [-0.4, -0.2) is 30.7 Å². The largest absolute Gasteiger partial charge is 0.508 e. The molecule has 31 heavy (non-hydrogen) atoms. The van der Waals surface area contributed by atoms with Crippen LogP contribution in [0.15, 0.2) is 60.4 Å². The topological polar surface area (TPSA) is 65.0 Å². The molecule has 0 bridgehead atoms. The SMILES string of the molecule is COc1cc(/C=C/C(O)=C/C(=O)/C=C/c2ccc(OC(C)(C)C)c(OC)c2)ccc1C. The highest BCUT2D eigenvalue weighted by molar-refractivity contribution is 6.02. The van der Waals surface area contributed by atoms with Gasteiger partial charge in [-0.2, -0.15) is 0 Å². The molecule has 0 unspecified atom stereocenters. The molecule has 164 valence electrons. The van der Waals surface area contributed by atoms with Gasteiger partial charge in [-0.25, -0.2) is 0 Å². The van der Waals surface area contributed by atoms with Crippen LogP contribution in [0.4, 0.5) is 0 Å². The monoisotopic (exact) mass is 422 g/mol. The molecule has 0 aromatic heterocycles. The van der Waals surface area contributed by atoms with E-state index >= 15 is 0 Å². The molecule has 0 fully saturated rings. The van der Waals surface area contributed by atoms with Gasteiger partial charge < -0.3 is 19.3 Å². The van der Waals surface area contributed by atoms with Gasteiger partial charge in [0.15, 0.2) is 17.3 Å². The number of aliphatic hydroxyl groups is 1. The number of hydrogen-bond acceptors (Lipinski definition) is 5. The van der Waals surface area contributed by atoms with E-state index in [9.17, 15) is 9.90 Å². The van der Waals surface area contributed by atoms with E-state index in [1.807, 2.05) is 52.0 Å². The molecule has 2 aromatic rings. The van der Waals surface area contributed by atoms with Crippen molar-refractivity contribution in [3.05, 3.63) is 77.1 Å². The molecule has 0 aliphatic carbocycles. The highest BCUT2D eigenvalue weighted by Crippen LogP contribution is 2.31. The van der Waals surface area contributed by atoms with Gasteiger partial charge in [-0.15, -0.1) is 0 Å². The predicted molar refractivity (Wildman–Crippen MR) is 125 cm³/mol. The molecule has 0 aliphatic rings. The molecule has 0 radical (unpaired) electrons. The lowest BCUT2D eigenvalue weighted by Gasteiger charge is -2.22. The van der Waals surface area contributed by atoms with E-state index in [0.717, 1.165) is 28.5 Å². The molecule has 0 saturated carbocycles. The number of rotatable bonds is 8. The summed E-state index contributed by atoms with van der Waals surface area (Å²) in [5, 5.41) is 10.0. The van der Waals surface area contributed by atoms with Crippen molar-refractivity contribution in [1.29, 1.82) is 0 Å². The quantitative estimate of drug-likeness (QED) is 0.325. The van der Waals surface area contributed by atoms with Gasteiger partial charge in [0.05, 0.1) is 14.2 Å². The van der Waals surface area contributed by atoms with Crippen LogP contribution in [0.5, 0.6) is 17.2 Å². The highest BCUT2D eigenvalue weighted by atomic mass is 16.5. The Balaban J connectivity index is 2.07. The molecular weight excluding hydrogens is 392 g/mol. The molecule has 5 heteroatoms. The third-order valence-corrected chi connectivity index (χ3v) is 4.21. The number of allylic oxidation sites excluding steroid dienone is 3. The van der Waals surface area contributed by atoms with Gasteiger partial charge in [0.1, 0.15) is 17.1 Å². The van der Waals surface area contributed by atoms with E-state index in [1.54, 1.807) is 38.5 Å². The number of benzene rings is 2. The standard InChI is InChI=1S/C26H30O5/c1-18-7-8-19(15-24(18)29-5)9-12-21(27)17-22(28)13-10-20-11-14-23(25(16-20)30-6)31-26(2,3)4/h7-17,27H,1-6H3/b12-9+,13-10+,21-17-. The first-order valence-electron chi connectivity index (χ1n) is 9.94. The summed E-state index contributed by atoms with van der Waals surface area (Å²) in [7, 11) is 3.18. The zero-order valence-electron chi connectivity index (χ0n) is 18.9. The van der Waals surface area contributed by atoms with Crippen LogP contribution in [0.3, 0.4) is 0 Å². The number of methoxy groups -OCH3 is 2. The van der Waals surface area contributed by atoms with E-state index in [-0.39, 0.29) is 17.1 Å². The number of carbonyl (C=O) groups is 1. The second-order valence-corrected chi connectivity index (χ2v) is 7.99. The molecular formula is C26H30O5. The second-order valence-electron chi connectivity index (χ2n) is 7.99. The molecule has 0 saturated heterocycles. The third kappa shape index (κ3) is 7.70.